The highest BCUT2D eigenvalue weighted by molar-refractivity contribution is 5.92. The number of aryl methyl sites for hydroxylation is 1. The average molecular weight is 260 g/mol. The van der Waals surface area contributed by atoms with E-state index in [1.54, 1.807) is 18.2 Å². The molecule has 0 aliphatic carbocycles. The number of nitrogens with zero attached hydrogens (tertiary/aromatic N) is 2. The van der Waals surface area contributed by atoms with E-state index in [1.807, 2.05) is 6.92 Å². The van der Waals surface area contributed by atoms with Crippen LogP contribution in [0.25, 0.3) is 11.0 Å². The van der Waals surface area contributed by atoms with Crippen molar-refractivity contribution in [3.05, 3.63) is 29.6 Å². The number of carboxylic acids is 1. The van der Waals surface area contributed by atoms with Crippen LogP contribution in [0.1, 0.15) is 49.9 Å². The molecule has 0 saturated carbocycles. The molecule has 1 N–H and O–H groups in total. The van der Waals surface area contributed by atoms with E-state index in [0.717, 1.165) is 16.9 Å². The predicted molar refractivity (Wildman–Crippen MR) is 75.6 cm³/mol. The van der Waals surface area contributed by atoms with E-state index in [4.69, 9.17) is 5.11 Å². The van der Waals surface area contributed by atoms with Gasteiger partial charge >= 0.3 is 5.97 Å². The van der Waals surface area contributed by atoms with Crippen LogP contribution < -0.4 is 0 Å². The number of benzene rings is 1. The second-order valence-electron chi connectivity index (χ2n) is 6.08. The third-order valence-corrected chi connectivity index (χ3v) is 3.75. The molecule has 2 aromatic rings. The second kappa shape index (κ2) is 4.37. The van der Waals surface area contributed by atoms with Gasteiger partial charge in [-0.05, 0) is 37.5 Å². The first-order valence-electron chi connectivity index (χ1n) is 6.43. The van der Waals surface area contributed by atoms with Gasteiger partial charge in [-0.1, -0.05) is 20.8 Å². The molecule has 0 aliphatic rings. The Morgan fingerprint density at radius 1 is 1.37 bits per heavy atom. The third kappa shape index (κ3) is 2.35. The minimum atomic E-state index is -0.907. The molecule has 0 amide bonds. The van der Waals surface area contributed by atoms with Crippen LogP contribution >= 0.6 is 0 Å². The van der Waals surface area contributed by atoms with E-state index in [2.05, 4.69) is 37.2 Å². The molecule has 0 bridgehead atoms. The van der Waals surface area contributed by atoms with Crippen LogP contribution in [0.3, 0.4) is 0 Å². The molecule has 19 heavy (non-hydrogen) atoms. The van der Waals surface area contributed by atoms with Gasteiger partial charge in [-0.25, -0.2) is 9.78 Å². The Morgan fingerprint density at radius 3 is 2.53 bits per heavy atom. The van der Waals surface area contributed by atoms with Crippen molar-refractivity contribution >= 4 is 17.0 Å². The molecule has 1 aromatic carbocycles. The lowest BCUT2D eigenvalue weighted by molar-refractivity contribution is 0.0697. The Morgan fingerprint density at radius 2 is 2.00 bits per heavy atom. The van der Waals surface area contributed by atoms with Crippen molar-refractivity contribution in [2.75, 3.05) is 0 Å². The number of rotatable bonds is 2. The quantitative estimate of drug-likeness (QED) is 0.896. The predicted octanol–water partition coefficient (Wildman–Crippen LogP) is 3.65. The molecule has 0 radical (unpaired) electrons. The number of carboxylic acid groups (broad SMARTS) is 1. The van der Waals surface area contributed by atoms with Crippen molar-refractivity contribution in [1.82, 2.24) is 9.55 Å². The summed E-state index contributed by atoms with van der Waals surface area (Å²) in [5.74, 6) is 0.00989. The summed E-state index contributed by atoms with van der Waals surface area (Å²) < 4.78 is 2.13. The van der Waals surface area contributed by atoms with Crippen LogP contribution in [0.5, 0.6) is 0 Å². The first kappa shape index (κ1) is 13.6. The highest BCUT2D eigenvalue weighted by atomic mass is 16.4. The number of carbonyl (C=O) groups is 1. The fourth-order valence-electron chi connectivity index (χ4n) is 2.22. The minimum Gasteiger partial charge on any atom is -0.478 e. The zero-order valence-corrected chi connectivity index (χ0v) is 12.1. The van der Waals surface area contributed by atoms with Crippen molar-refractivity contribution < 1.29 is 9.90 Å². The zero-order chi connectivity index (χ0) is 14.4. The molecule has 2 rings (SSSR count). The Labute approximate surface area is 113 Å². The highest BCUT2D eigenvalue weighted by Crippen LogP contribution is 2.34. The fraction of sp³-hybridized carbons (Fsp3) is 0.467. The van der Waals surface area contributed by atoms with Gasteiger partial charge < -0.3 is 9.67 Å². The Bertz CT molecular complexity index is 635. The van der Waals surface area contributed by atoms with Gasteiger partial charge in [0.25, 0.3) is 0 Å². The van der Waals surface area contributed by atoms with Crippen LogP contribution in [0, 0.1) is 12.3 Å². The standard InChI is InChI=1S/C15H20N2O2/c1-9(15(3,4)5)17-10(2)16-12-7-6-11(14(18)19)8-13(12)17/h6-9H,1-5H3,(H,18,19). The second-order valence-corrected chi connectivity index (χ2v) is 6.08. The van der Waals surface area contributed by atoms with Gasteiger partial charge in [0.15, 0.2) is 0 Å². The molecular weight excluding hydrogens is 240 g/mol. The van der Waals surface area contributed by atoms with Gasteiger partial charge in [-0.2, -0.15) is 0 Å². The van der Waals surface area contributed by atoms with Crippen molar-refractivity contribution in [3.63, 3.8) is 0 Å². The smallest absolute Gasteiger partial charge is 0.335 e. The van der Waals surface area contributed by atoms with E-state index in [1.165, 1.54) is 0 Å². The van der Waals surface area contributed by atoms with Gasteiger partial charge in [0.05, 0.1) is 16.6 Å². The molecule has 4 nitrogen and oxygen atoms in total. The van der Waals surface area contributed by atoms with Crippen molar-refractivity contribution in [2.45, 2.75) is 40.7 Å². The fourth-order valence-corrected chi connectivity index (χ4v) is 2.22. The molecule has 0 spiro atoms. The van der Waals surface area contributed by atoms with Gasteiger partial charge in [-0.3, -0.25) is 0 Å². The molecule has 1 unspecified atom stereocenters. The van der Waals surface area contributed by atoms with Crippen LogP contribution in [0.15, 0.2) is 18.2 Å². The molecule has 102 valence electrons. The highest BCUT2D eigenvalue weighted by Gasteiger charge is 2.25. The number of hydrogen-bond acceptors (Lipinski definition) is 2. The van der Waals surface area contributed by atoms with E-state index in [-0.39, 0.29) is 11.5 Å². The number of aromatic nitrogens is 2. The van der Waals surface area contributed by atoms with E-state index >= 15 is 0 Å². The topological polar surface area (TPSA) is 55.1 Å². The summed E-state index contributed by atoms with van der Waals surface area (Å²) in [6, 6.07) is 5.32. The summed E-state index contributed by atoms with van der Waals surface area (Å²) in [4.78, 5) is 15.6. The average Bonchev–Trinajstić information content (AvgIpc) is 2.61. The molecule has 4 heteroatoms. The summed E-state index contributed by atoms with van der Waals surface area (Å²) in [6.45, 7) is 10.6. The van der Waals surface area contributed by atoms with Crippen molar-refractivity contribution in [3.8, 4) is 0 Å². The first-order chi connectivity index (χ1) is 8.71. The summed E-state index contributed by atoms with van der Waals surface area (Å²) in [5.41, 5.74) is 2.12. The summed E-state index contributed by atoms with van der Waals surface area (Å²) in [6.07, 6.45) is 0. The maximum Gasteiger partial charge on any atom is 0.335 e. The number of aromatic carboxylic acids is 1. The maximum atomic E-state index is 11.1. The Kier molecular flexibility index (Phi) is 3.12. The van der Waals surface area contributed by atoms with Crippen LogP contribution in [-0.4, -0.2) is 20.6 Å². The third-order valence-electron chi connectivity index (χ3n) is 3.75. The lowest BCUT2D eigenvalue weighted by atomic mass is 9.87. The largest absolute Gasteiger partial charge is 0.478 e. The SMILES string of the molecule is Cc1nc2ccc(C(=O)O)cc2n1C(C)C(C)(C)C. The van der Waals surface area contributed by atoms with Crippen LogP contribution in [0.4, 0.5) is 0 Å². The molecule has 1 heterocycles. The Hall–Kier alpha value is -1.84. The van der Waals surface area contributed by atoms with Crippen molar-refractivity contribution in [2.24, 2.45) is 5.41 Å². The molecule has 0 aliphatic heterocycles. The van der Waals surface area contributed by atoms with Gasteiger partial charge in [0, 0.05) is 6.04 Å². The molecule has 1 aromatic heterocycles. The summed E-state index contributed by atoms with van der Waals surface area (Å²) >= 11 is 0. The Balaban J connectivity index is 2.69. The number of imidazole rings is 1. The summed E-state index contributed by atoms with van der Waals surface area (Å²) in [5, 5.41) is 9.11. The van der Waals surface area contributed by atoms with E-state index < -0.39 is 5.97 Å². The van der Waals surface area contributed by atoms with Crippen molar-refractivity contribution in [1.29, 1.82) is 0 Å². The zero-order valence-electron chi connectivity index (χ0n) is 12.1. The first-order valence-corrected chi connectivity index (χ1v) is 6.43. The summed E-state index contributed by atoms with van der Waals surface area (Å²) in [7, 11) is 0. The van der Waals surface area contributed by atoms with Crippen LogP contribution in [0.2, 0.25) is 0 Å². The molecule has 0 saturated heterocycles. The van der Waals surface area contributed by atoms with E-state index in [0.29, 0.717) is 5.56 Å². The number of fused-ring (bicyclic) bond motifs is 1. The normalized spacial score (nSPS) is 13.7. The number of hydrogen-bond donors (Lipinski definition) is 1. The monoisotopic (exact) mass is 260 g/mol. The molecular formula is C15H20N2O2. The minimum absolute atomic E-state index is 0.0810. The van der Waals surface area contributed by atoms with Gasteiger partial charge in [-0.15, -0.1) is 0 Å². The van der Waals surface area contributed by atoms with E-state index in [9.17, 15) is 4.79 Å². The lowest BCUT2D eigenvalue weighted by Crippen LogP contribution is -2.22. The van der Waals surface area contributed by atoms with Crippen LogP contribution in [-0.2, 0) is 0 Å². The molecule has 0 fully saturated rings. The van der Waals surface area contributed by atoms with Gasteiger partial charge in [0.2, 0.25) is 0 Å². The lowest BCUT2D eigenvalue weighted by Gasteiger charge is -2.30. The molecule has 1 atom stereocenters. The van der Waals surface area contributed by atoms with Gasteiger partial charge in [0.1, 0.15) is 5.82 Å². The maximum absolute atomic E-state index is 11.1.